The molecular formula is C12H23N3O3. The molecule has 6 nitrogen and oxygen atoms in total. The van der Waals surface area contributed by atoms with E-state index in [2.05, 4.69) is 17.1 Å². The van der Waals surface area contributed by atoms with Crippen LogP contribution in [0.25, 0.3) is 0 Å². The molecular weight excluding hydrogens is 234 g/mol. The Hall–Kier alpha value is -1.30. The molecule has 0 aliphatic carbocycles. The second-order valence-corrected chi connectivity index (χ2v) is 5.29. The molecule has 0 bridgehead atoms. The topological polar surface area (TPSA) is 72.9 Å². The highest BCUT2D eigenvalue weighted by atomic mass is 16.4. The van der Waals surface area contributed by atoms with Gasteiger partial charge in [-0.15, -0.1) is 0 Å². The van der Waals surface area contributed by atoms with Crippen molar-refractivity contribution in [1.82, 2.24) is 15.1 Å². The zero-order valence-electron chi connectivity index (χ0n) is 11.5. The summed E-state index contributed by atoms with van der Waals surface area (Å²) in [7, 11) is 2.02. The molecule has 6 heteroatoms. The summed E-state index contributed by atoms with van der Waals surface area (Å²) < 4.78 is 0. The van der Waals surface area contributed by atoms with E-state index in [0.717, 1.165) is 6.54 Å². The van der Waals surface area contributed by atoms with Crippen LogP contribution in [0.3, 0.4) is 0 Å². The Bertz CT molecular complexity index is 320. The summed E-state index contributed by atoms with van der Waals surface area (Å²) in [6.45, 7) is 7.70. The van der Waals surface area contributed by atoms with Gasteiger partial charge in [0, 0.05) is 25.7 Å². The van der Waals surface area contributed by atoms with Gasteiger partial charge in [0.15, 0.2) is 0 Å². The molecule has 104 valence electrons. The molecule has 1 aliphatic rings. The molecule has 0 aromatic heterocycles. The number of hydrogen-bond donors (Lipinski definition) is 2. The smallest absolute Gasteiger partial charge is 0.326 e. The van der Waals surface area contributed by atoms with Gasteiger partial charge in [-0.1, -0.05) is 13.8 Å². The first-order valence-corrected chi connectivity index (χ1v) is 6.31. The van der Waals surface area contributed by atoms with Crippen molar-refractivity contribution < 1.29 is 14.7 Å². The van der Waals surface area contributed by atoms with Gasteiger partial charge in [0.2, 0.25) is 0 Å². The minimum Gasteiger partial charge on any atom is -0.480 e. The van der Waals surface area contributed by atoms with Crippen LogP contribution < -0.4 is 5.32 Å². The summed E-state index contributed by atoms with van der Waals surface area (Å²) in [5.41, 5.74) is 0. The third-order valence-electron chi connectivity index (χ3n) is 3.46. The van der Waals surface area contributed by atoms with Crippen LogP contribution in [-0.4, -0.2) is 65.7 Å². The van der Waals surface area contributed by atoms with Crippen molar-refractivity contribution in [3.63, 3.8) is 0 Å². The Morgan fingerprint density at radius 1 is 1.33 bits per heavy atom. The number of piperazine rings is 1. The lowest BCUT2D eigenvalue weighted by Gasteiger charge is -2.38. The van der Waals surface area contributed by atoms with E-state index in [4.69, 9.17) is 5.11 Å². The van der Waals surface area contributed by atoms with Crippen molar-refractivity contribution in [2.45, 2.75) is 32.9 Å². The van der Waals surface area contributed by atoms with Crippen LogP contribution in [0.15, 0.2) is 0 Å². The van der Waals surface area contributed by atoms with Crippen molar-refractivity contribution >= 4 is 12.0 Å². The van der Waals surface area contributed by atoms with Gasteiger partial charge in [-0.2, -0.15) is 0 Å². The molecule has 0 saturated carbocycles. The highest BCUT2D eigenvalue weighted by Gasteiger charge is 2.29. The number of nitrogens with zero attached hydrogens (tertiary/aromatic N) is 2. The summed E-state index contributed by atoms with van der Waals surface area (Å²) in [6.07, 6.45) is 0. The molecule has 18 heavy (non-hydrogen) atoms. The molecule has 1 rings (SSSR count). The molecule has 1 aliphatic heterocycles. The Morgan fingerprint density at radius 3 is 2.39 bits per heavy atom. The number of rotatable bonds is 3. The first-order chi connectivity index (χ1) is 8.32. The second-order valence-electron chi connectivity index (χ2n) is 5.29. The molecule has 0 spiro atoms. The van der Waals surface area contributed by atoms with Crippen LogP contribution >= 0.6 is 0 Å². The summed E-state index contributed by atoms with van der Waals surface area (Å²) in [5.74, 6) is -1.11. The van der Waals surface area contributed by atoms with E-state index in [1.807, 2.05) is 7.05 Å². The van der Waals surface area contributed by atoms with E-state index in [0.29, 0.717) is 19.1 Å². The number of likely N-dealkylation sites (N-methyl/N-ethyl adjacent to an activating group) is 1. The quantitative estimate of drug-likeness (QED) is 0.769. The number of hydrogen-bond acceptors (Lipinski definition) is 3. The maximum Gasteiger partial charge on any atom is 0.326 e. The summed E-state index contributed by atoms with van der Waals surface area (Å²) in [5, 5.41) is 11.6. The fourth-order valence-electron chi connectivity index (χ4n) is 1.97. The molecule has 1 heterocycles. The Morgan fingerprint density at radius 2 is 1.94 bits per heavy atom. The predicted molar refractivity (Wildman–Crippen MR) is 68.5 cm³/mol. The van der Waals surface area contributed by atoms with E-state index in [-0.39, 0.29) is 11.9 Å². The van der Waals surface area contributed by atoms with Crippen LogP contribution in [-0.2, 0) is 4.79 Å². The highest BCUT2D eigenvalue weighted by molar-refractivity contribution is 5.82. The van der Waals surface area contributed by atoms with E-state index < -0.39 is 12.0 Å². The van der Waals surface area contributed by atoms with Crippen molar-refractivity contribution in [3.8, 4) is 0 Å². The van der Waals surface area contributed by atoms with Crippen LogP contribution in [0, 0.1) is 5.92 Å². The average Bonchev–Trinajstić information content (AvgIpc) is 2.28. The molecule has 2 atom stereocenters. The number of carbonyl (C=O) groups is 2. The average molecular weight is 257 g/mol. The van der Waals surface area contributed by atoms with Crippen LogP contribution in [0.2, 0.25) is 0 Å². The van der Waals surface area contributed by atoms with Gasteiger partial charge in [0.25, 0.3) is 0 Å². The third kappa shape index (κ3) is 3.60. The Labute approximate surface area is 108 Å². The van der Waals surface area contributed by atoms with Gasteiger partial charge in [0.1, 0.15) is 6.04 Å². The zero-order valence-corrected chi connectivity index (χ0v) is 11.5. The van der Waals surface area contributed by atoms with Gasteiger partial charge < -0.3 is 20.2 Å². The zero-order chi connectivity index (χ0) is 13.9. The first-order valence-electron chi connectivity index (χ1n) is 6.31. The van der Waals surface area contributed by atoms with Crippen molar-refractivity contribution in [1.29, 1.82) is 0 Å². The van der Waals surface area contributed by atoms with Crippen LogP contribution in [0.1, 0.15) is 20.8 Å². The normalized spacial score (nSPS) is 22.9. The molecule has 0 aromatic carbocycles. The monoisotopic (exact) mass is 257 g/mol. The number of aliphatic carboxylic acids is 1. The van der Waals surface area contributed by atoms with Crippen molar-refractivity contribution in [2.75, 3.05) is 26.7 Å². The molecule has 2 amide bonds. The summed E-state index contributed by atoms with van der Waals surface area (Å²) in [4.78, 5) is 26.9. The second kappa shape index (κ2) is 6.04. The fourth-order valence-corrected chi connectivity index (χ4v) is 1.97. The Balaban J connectivity index is 2.57. The summed E-state index contributed by atoms with van der Waals surface area (Å²) in [6, 6.07) is -0.810. The van der Waals surface area contributed by atoms with E-state index >= 15 is 0 Å². The van der Waals surface area contributed by atoms with E-state index in [1.54, 1.807) is 18.7 Å². The number of carboxylic acids is 1. The van der Waals surface area contributed by atoms with E-state index in [9.17, 15) is 9.59 Å². The lowest BCUT2D eigenvalue weighted by Crippen LogP contribution is -2.57. The number of carbonyl (C=O) groups excluding carboxylic acids is 1. The largest absolute Gasteiger partial charge is 0.480 e. The molecule has 2 unspecified atom stereocenters. The molecule has 1 fully saturated rings. The molecule has 0 radical (unpaired) electrons. The van der Waals surface area contributed by atoms with Gasteiger partial charge in [0.05, 0.1) is 0 Å². The first kappa shape index (κ1) is 14.8. The SMILES string of the molecule is CC(C)C(NC(=O)N1CCN(C)C(C)C1)C(=O)O. The molecule has 2 N–H and O–H groups in total. The predicted octanol–water partition coefficient (Wildman–Crippen LogP) is 0.441. The highest BCUT2D eigenvalue weighted by Crippen LogP contribution is 2.08. The number of amides is 2. The van der Waals surface area contributed by atoms with Gasteiger partial charge >= 0.3 is 12.0 Å². The fraction of sp³-hybridized carbons (Fsp3) is 0.833. The van der Waals surface area contributed by atoms with Crippen molar-refractivity contribution in [2.24, 2.45) is 5.92 Å². The third-order valence-corrected chi connectivity index (χ3v) is 3.46. The number of nitrogens with one attached hydrogen (secondary N) is 1. The lowest BCUT2D eigenvalue weighted by atomic mass is 10.1. The van der Waals surface area contributed by atoms with E-state index in [1.165, 1.54) is 0 Å². The van der Waals surface area contributed by atoms with Gasteiger partial charge in [-0.25, -0.2) is 9.59 Å². The van der Waals surface area contributed by atoms with Crippen LogP contribution in [0.4, 0.5) is 4.79 Å². The maximum absolute atomic E-state index is 12.0. The van der Waals surface area contributed by atoms with Gasteiger partial charge in [-0.05, 0) is 19.9 Å². The summed E-state index contributed by atoms with van der Waals surface area (Å²) >= 11 is 0. The maximum atomic E-state index is 12.0. The lowest BCUT2D eigenvalue weighted by molar-refractivity contribution is -0.140. The van der Waals surface area contributed by atoms with Crippen molar-refractivity contribution in [3.05, 3.63) is 0 Å². The minimum absolute atomic E-state index is 0.128. The number of carboxylic acid groups (broad SMARTS) is 1. The van der Waals surface area contributed by atoms with Crippen LogP contribution in [0.5, 0.6) is 0 Å². The number of urea groups is 1. The Kier molecular flexibility index (Phi) is 4.95. The standard InChI is InChI=1S/C12H23N3O3/c1-8(2)10(11(16)17)13-12(18)15-6-5-14(4)9(3)7-15/h8-10H,5-7H2,1-4H3,(H,13,18)(H,16,17). The molecule has 0 aromatic rings. The van der Waals surface area contributed by atoms with Gasteiger partial charge in [-0.3, -0.25) is 0 Å². The minimum atomic E-state index is -0.986. The molecule has 1 saturated heterocycles.